The maximum absolute atomic E-state index is 13.0. The molecule has 0 fully saturated rings. The van der Waals surface area contributed by atoms with E-state index in [1.54, 1.807) is 0 Å². The quantitative estimate of drug-likeness (QED) is 0.0261. The summed E-state index contributed by atoms with van der Waals surface area (Å²) in [5.74, 6) is -0.820. The average molecular weight is 1170 g/mol. The van der Waals surface area contributed by atoms with Crippen LogP contribution in [0.2, 0.25) is 0 Å². The first kappa shape index (κ1) is 81.2. The third-order valence-corrected chi connectivity index (χ3v) is 17.8. The van der Waals surface area contributed by atoms with E-state index < -0.39 is 6.10 Å². The molecule has 0 aromatic rings. The number of esters is 3. The van der Waals surface area contributed by atoms with E-state index in [0.717, 1.165) is 57.8 Å². The maximum Gasteiger partial charge on any atom is 0.306 e. The van der Waals surface area contributed by atoms with E-state index in [1.807, 2.05) is 0 Å². The summed E-state index contributed by atoms with van der Waals surface area (Å²) in [4.78, 5) is 38.6. The molecule has 0 saturated carbocycles. The van der Waals surface area contributed by atoms with Gasteiger partial charge >= 0.3 is 17.9 Å². The molecule has 1 unspecified atom stereocenters. The summed E-state index contributed by atoms with van der Waals surface area (Å²) in [5, 5.41) is 0. The smallest absolute Gasteiger partial charge is 0.306 e. The van der Waals surface area contributed by atoms with Crippen LogP contribution in [0.4, 0.5) is 0 Å². The predicted octanol–water partition coefficient (Wildman–Crippen LogP) is 26.3. The summed E-state index contributed by atoms with van der Waals surface area (Å²) in [6.45, 7) is 6.75. The van der Waals surface area contributed by atoms with Crippen LogP contribution in [0, 0.1) is 0 Å². The van der Waals surface area contributed by atoms with E-state index in [4.69, 9.17) is 14.2 Å². The van der Waals surface area contributed by atoms with E-state index >= 15 is 0 Å². The molecule has 0 aromatic heterocycles. The summed E-state index contributed by atoms with van der Waals surface area (Å²) < 4.78 is 17.1. The SMILES string of the molecule is CCCCCCCCCC/C=C\CCCCCCCCCCCCCCCC(=O)OCC(COC(=O)CCCCCCCCCCCCCCCCCCC)OC(=O)CCCCCCCCCCCCCCCCCCCCCCCCC. The van der Waals surface area contributed by atoms with Gasteiger partial charge in [0.2, 0.25) is 0 Å². The number of unbranched alkanes of at least 4 members (excludes halogenated alkanes) is 59. The Kier molecular flexibility index (Phi) is 71.0. The van der Waals surface area contributed by atoms with Gasteiger partial charge in [0.05, 0.1) is 0 Å². The topological polar surface area (TPSA) is 78.9 Å². The fourth-order valence-electron chi connectivity index (χ4n) is 12.0. The van der Waals surface area contributed by atoms with Crippen LogP contribution in [0.1, 0.15) is 445 Å². The van der Waals surface area contributed by atoms with Gasteiger partial charge in [-0.3, -0.25) is 14.4 Å². The Labute approximate surface area is 520 Å². The fraction of sp³-hybridized carbons (Fsp3) is 0.935. The van der Waals surface area contributed by atoms with Crippen molar-refractivity contribution in [1.82, 2.24) is 0 Å². The van der Waals surface area contributed by atoms with Crippen LogP contribution >= 0.6 is 0 Å². The lowest BCUT2D eigenvalue weighted by atomic mass is 10.0. The van der Waals surface area contributed by atoms with Gasteiger partial charge < -0.3 is 14.2 Å². The van der Waals surface area contributed by atoms with E-state index in [1.165, 1.54) is 347 Å². The van der Waals surface area contributed by atoms with Gasteiger partial charge in [0, 0.05) is 19.3 Å². The van der Waals surface area contributed by atoms with Crippen LogP contribution < -0.4 is 0 Å². The van der Waals surface area contributed by atoms with Crippen molar-refractivity contribution in [1.29, 1.82) is 0 Å². The summed E-state index contributed by atoms with van der Waals surface area (Å²) in [6.07, 6.45) is 88.3. The first-order valence-corrected chi connectivity index (χ1v) is 38.2. The summed E-state index contributed by atoms with van der Waals surface area (Å²) >= 11 is 0. The predicted molar refractivity (Wildman–Crippen MR) is 363 cm³/mol. The maximum atomic E-state index is 13.0. The van der Waals surface area contributed by atoms with Crippen LogP contribution in [0.5, 0.6) is 0 Å². The molecule has 0 aliphatic heterocycles. The lowest BCUT2D eigenvalue weighted by Gasteiger charge is -2.18. The molecule has 0 amide bonds. The van der Waals surface area contributed by atoms with Gasteiger partial charge in [0.15, 0.2) is 6.10 Å². The molecule has 0 aliphatic carbocycles. The molecule has 6 heteroatoms. The summed E-state index contributed by atoms with van der Waals surface area (Å²) in [6, 6.07) is 0. The molecule has 0 saturated heterocycles. The molecule has 0 spiro atoms. The monoisotopic (exact) mass is 1170 g/mol. The molecule has 1 atom stereocenters. The van der Waals surface area contributed by atoms with Crippen molar-refractivity contribution in [2.75, 3.05) is 13.2 Å². The van der Waals surface area contributed by atoms with Crippen LogP contribution in [0.25, 0.3) is 0 Å². The lowest BCUT2D eigenvalue weighted by Crippen LogP contribution is -2.30. The molecule has 0 N–H and O–H groups in total. The molecule has 0 aliphatic rings. The van der Waals surface area contributed by atoms with Gasteiger partial charge in [-0.05, 0) is 44.9 Å². The first-order chi connectivity index (χ1) is 41.0. The zero-order valence-electron chi connectivity index (χ0n) is 56.8. The second-order valence-corrected chi connectivity index (χ2v) is 26.3. The highest BCUT2D eigenvalue weighted by Crippen LogP contribution is 2.20. The van der Waals surface area contributed by atoms with Crippen molar-refractivity contribution >= 4 is 17.9 Å². The molecule has 0 aromatic carbocycles. The summed E-state index contributed by atoms with van der Waals surface area (Å²) in [7, 11) is 0. The minimum absolute atomic E-state index is 0.0620. The second-order valence-electron chi connectivity index (χ2n) is 26.3. The minimum Gasteiger partial charge on any atom is -0.462 e. The van der Waals surface area contributed by atoms with Crippen molar-refractivity contribution in [2.24, 2.45) is 0 Å². The molecule has 0 rings (SSSR count). The van der Waals surface area contributed by atoms with Crippen molar-refractivity contribution in [3.05, 3.63) is 12.2 Å². The number of allylic oxidation sites excluding steroid dienone is 2. The number of hydrogen-bond donors (Lipinski definition) is 0. The molecule has 0 bridgehead atoms. The van der Waals surface area contributed by atoms with E-state index in [-0.39, 0.29) is 31.1 Å². The Hall–Kier alpha value is -1.85. The van der Waals surface area contributed by atoms with Gasteiger partial charge in [-0.15, -0.1) is 0 Å². The lowest BCUT2D eigenvalue weighted by molar-refractivity contribution is -0.167. The minimum atomic E-state index is -0.767. The van der Waals surface area contributed by atoms with Crippen molar-refractivity contribution in [2.45, 2.75) is 451 Å². The molecular weight excluding hydrogens is 1020 g/mol. The van der Waals surface area contributed by atoms with Crippen LogP contribution in [-0.2, 0) is 28.6 Å². The third-order valence-electron chi connectivity index (χ3n) is 17.8. The van der Waals surface area contributed by atoms with E-state index in [2.05, 4.69) is 32.9 Å². The molecule has 492 valence electrons. The second kappa shape index (κ2) is 72.6. The normalized spacial score (nSPS) is 12.0. The van der Waals surface area contributed by atoms with E-state index in [0.29, 0.717) is 19.3 Å². The van der Waals surface area contributed by atoms with Crippen LogP contribution in [0.3, 0.4) is 0 Å². The van der Waals surface area contributed by atoms with Gasteiger partial charge in [0.25, 0.3) is 0 Å². The molecule has 0 heterocycles. The zero-order valence-corrected chi connectivity index (χ0v) is 56.8. The van der Waals surface area contributed by atoms with Crippen molar-refractivity contribution < 1.29 is 28.6 Å². The van der Waals surface area contributed by atoms with Crippen LogP contribution in [-0.4, -0.2) is 37.2 Å². The first-order valence-electron chi connectivity index (χ1n) is 38.2. The number of rotatable bonds is 72. The van der Waals surface area contributed by atoms with Gasteiger partial charge in [-0.2, -0.15) is 0 Å². The van der Waals surface area contributed by atoms with Crippen LogP contribution in [0.15, 0.2) is 12.2 Å². The molecular formula is C77H148O6. The van der Waals surface area contributed by atoms with Gasteiger partial charge in [0.1, 0.15) is 13.2 Å². The Bertz CT molecular complexity index is 1300. The van der Waals surface area contributed by atoms with Crippen molar-refractivity contribution in [3.8, 4) is 0 Å². The van der Waals surface area contributed by atoms with Crippen molar-refractivity contribution in [3.63, 3.8) is 0 Å². The van der Waals surface area contributed by atoms with Gasteiger partial charge in [-0.25, -0.2) is 0 Å². The van der Waals surface area contributed by atoms with Gasteiger partial charge in [-0.1, -0.05) is 392 Å². The number of carbonyl (C=O) groups excluding carboxylic acids is 3. The Morgan fingerprint density at radius 2 is 0.398 bits per heavy atom. The highest BCUT2D eigenvalue weighted by molar-refractivity contribution is 5.71. The number of ether oxygens (including phenoxy) is 3. The Balaban J connectivity index is 4.25. The molecule has 6 nitrogen and oxygen atoms in total. The molecule has 83 heavy (non-hydrogen) atoms. The number of carbonyl (C=O) groups is 3. The average Bonchev–Trinajstić information content (AvgIpc) is 3.49. The Morgan fingerprint density at radius 1 is 0.229 bits per heavy atom. The zero-order chi connectivity index (χ0) is 59.9. The standard InChI is InChI=1S/C77H148O6/c1-4-7-10-13-16-19-22-25-28-31-33-35-37-38-40-41-43-46-49-52-55-58-61-64-67-70-76(79)82-73-74(72-81-75(78)69-66-63-60-57-54-51-48-45-30-27-24-21-18-15-12-9-6-3)83-77(80)71-68-65-62-59-56-53-50-47-44-42-39-36-34-32-29-26-23-20-17-14-11-8-5-2/h31,33,74H,4-30,32,34-73H2,1-3H3/b33-31-. The largest absolute Gasteiger partial charge is 0.462 e. The summed E-state index contributed by atoms with van der Waals surface area (Å²) in [5.41, 5.74) is 0. The number of hydrogen-bond acceptors (Lipinski definition) is 6. The van der Waals surface area contributed by atoms with E-state index in [9.17, 15) is 14.4 Å². The third kappa shape index (κ3) is 70.8. The highest BCUT2D eigenvalue weighted by Gasteiger charge is 2.20. The molecule has 0 radical (unpaired) electrons. The fourth-order valence-corrected chi connectivity index (χ4v) is 12.0. The highest BCUT2D eigenvalue weighted by atomic mass is 16.6. The Morgan fingerprint density at radius 3 is 0.602 bits per heavy atom.